The van der Waals surface area contributed by atoms with Crippen LogP contribution in [0.1, 0.15) is 72.9 Å². The fourth-order valence-corrected chi connectivity index (χ4v) is 4.42. The Morgan fingerprint density at radius 2 is 1.62 bits per heavy atom. The van der Waals surface area contributed by atoms with Gasteiger partial charge in [-0.15, -0.1) is 0 Å². The number of alkyl halides is 6. The largest absolute Gasteiger partial charge is 0.426 e. The quantitative estimate of drug-likeness (QED) is 0.223. The topological polar surface area (TPSA) is 26.3 Å². The molecule has 0 heterocycles. The molecular formula is C25H25F7O2. The molecule has 0 aliphatic heterocycles. The highest BCUT2D eigenvalue weighted by Crippen LogP contribution is 2.43. The fraction of sp³-hybridized carbons (Fsp3) is 0.480. The van der Waals surface area contributed by atoms with Gasteiger partial charge >= 0.3 is 18.1 Å². The number of esters is 1. The summed E-state index contributed by atoms with van der Waals surface area (Å²) in [6, 6.07) is 8.02. The van der Waals surface area contributed by atoms with Crippen LogP contribution in [0.4, 0.5) is 30.7 Å². The number of carbonyl (C=O) groups is 1. The average molecular weight is 490 g/mol. The molecule has 0 spiro atoms. The Labute approximate surface area is 193 Å². The highest BCUT2D eigenvalue weighted by molar-refractivity contribution is 5.91. The van der Waals surface area contributed by atoms with E-state index in [1.165, 1.54) is 25.7 Å². The molecule has 0 bridgehead atoms. The van der Waals surface area contributed by atoms with E-state index in [9.17, 15) is 35.5 Å². The molecule has 2 nitrogen and oxygen atoms in total. The Balaban J connectivity index is 1.65. The van der Waals surface area contributed by atoms with Crippen LogP contribution in [0.3, 0.4) is 0 Å². The summed E-state index contributed by atoms with van der Waals surface area (Å²) in [6.07, 6.45) is -3.57. The predicted molar refractivity (Wildman–Crippen MR) is 112 cm³/mol. The minimum absolute atomic E-state index is 0.143. The smallest absolute Gasteiger partial charge is 0.423 e. The first-order valence-electron chi connectivity index (χ1n) is 11.1. The van der Waals surface area contributed by atoms with Gasteiger partial charge in [0.15, 0.2) is 0 Å². The zero-order chi connectivity index (χ0) is 25.1. The molecular weight excluding hydrogens is 465 g/mol. The molecule has 3 rings (SSSR count). The van der Waals surface area contributed by atoms with E-state index < -0.39 is 41.2 Å². The Morgan fingerprint density at radius 1 is 1.00 bits per heavy atom. The molecule has 1 unspecified atom stereocenters. The van der Waals surface area contributed by atoms with Crippen molar-refractivity contribution in [2.24, 2.45) is 5.92 Å². The zero-order valence-electron chi connectivity index (χ0n) is 18.5. The second-order valence-electron chi connectivity index (χ2n) is 8.69. The number of carbonyl (C=O) groups excluding carboxylic acids is 1. The van der Waals surface area contributed by atoms with Gasteiger partial charge in [0.05, 0.1) is 11.1 Å². The number of hydrogen-bond donors (Lipinski definition) is 0. The lowest BCUT2D eigenvalue weighted by atomic mass is 9.77. The minimum atomic E-state index is -5.88. The van der Waals surface area contributed by atoms with E-state index in [1.54, 1.807) is 12.1 Å². The van der Waals surface area contributed by atoms with E-state index in [4.69, 9.17) is 4.74 Å². The van der Waals surface area contributed by atoms with Gasteiger partial charge in [-0.05, 0) is 73.4 Å². The minimum Gasteiger partial charge on any atom is -0.423 e. The summed E-state index contributed by atoms with van der Waals surface area (Å²) >= 11 is 0. The van der Waals surface area contributed by atoms with Crippen LogP contribution in [0.2, 0.25) is 0 Å². The van der Waals surface area contributed by atoms with Crippen molar-refractivity contribution in [1.82, 2.24) is 0 Å². The van der Waals surface area contributed by atoms with Crippen molar-refractivity contribution in [2.75, 3.05) is 0 Å². The van der Waals surface area contributed by atoms with E-state index in [1.807, 2.05) is 12.1 Å². The van der Waals surface area contributed by atoms with Gasteiger partial charge < -0.3 is 4.74 Å². The van der Waals surface area contributed by atoms with Crippen molar-refractivity contribution in [3.05, 3.63) is 65.0 Å². The summed E-state index contributed by atoms with van der Waals surface area (Å²) in [7, 11) is 0. The summed E-state index contributed by atoms with van der Waals surface area (Å²) < 4.78 is 97.1. The normalized spacial score (nSPS) is 20.1. The van der Waals surface area contributed by atoms with Crippen LogP contribution < -0.4 is 4.74 Å². The lowest BCUT2D eigenvalue weighted by Gasteiger charge is -2.28. The molecule has 0 aromatic heterocycles. The summed E-state index contributed by atoms with van der Waals surface area (Å²) in [5, 5.41) is 0. The molecule has 1 aliphatic carbocycles. The second-order valence-corrected chi connectivity index (χ2v) is 8.69. The lowest BCUT2D eigenvalue weighted by molar-refractivity contribution is -0.248. The average Bonchev–Trinajstić information content (AvgIpc) is 2.79. The second kappa shape index (κ2) is 10.4. The Bertz CT molecular complexity index is 978. The predicted octanol–water partition coefficient (Wildman–Crippen LogP) is 8.11. The third kappa shape index (κ3) is 5.91. The van der Waals surface area contributed by atoms with Gasteiger partial charge in [-0.3, -0.25) is 0 Å². The molecule has 1 aliphatic rings. The van der Waals surface area contributed by atoms with Crippen LogP contribution in [0.25, 0.3) is 0 Å². The molecule has 0 saturated heterocycles. The first-order chi connectivity index (χ1) is 15.9. The summed E-state index contributed by atoms with van der Waals surface area (Å²) in [5.74, 6) is -6.77. The number of ether oxygens (including phenoxy) is 1. The van der Waals surface area contributed by atoms with Crippen LogP contribution in [0.15, 0.2) is 42.5 Å². The van der Waals surface area contributed by atoms with Crippen molar-refractivity contribution in [1.29, 1.82) is 0 Å². The number of hydrogen-bond acceptors (Lipinski definition) is 2. The van der Waals surface area contributed by atoms with Gasteiger partial charge in [-0.2, -0.15) is 22.0 Å². The summed E-state index contributed by atoms with van der Waals surface area (Å²) in [5.41, 5.74) is -1.19. The van der Waals surface area contributed by atoms with Gasteiger partial charge in [-0.1, -0.05) is 31.9 Å². The molecule has 9 heteroatoms. The molecule has 1 fully saturated rings. The van der Waals surface area contributed by atoms with Crippen molar-refractivity contribution in [3.8, 4) is 5.75 Å². The standard InChI is InChI=1S/C25H25F7O2/c1-2-3-15-4-6-16(7-5-15)17-8-11-19(12-9-17)34-22(33)18-10-13-20(21(26)14-18)24(28,29)23(27)25(30,31)32/h8-16,23H,2-7H2,1H3. The molecule has 0 N–H and O–H groups in total. The Hall–Kier alpha value is -2.58. The Kier molecular flexibility index (Phi) is 7.93. The van der Waals surface area contributed by atoms with Gasteiger partial charge in [-0.25, -0.2) is 13.6 Å². The SMILES string of the molecule is CCCC1CCC(c2ccc(OC(=O)c3ccc(C(F)(F)C(F)C(F)(F)F)c(F)c3)cc2)CC1. The van der Waals surface area contributed by atoms with Crippen LogP contribution in [-0.2, 0) is 5.92 Å². The highest BCUT2D eigenvalue weighted by Gasteiger charge is 2.58. The molecule has 186 valence electrons. The summed E-state index contributed by atoms with van der Waals surface area (Å²) in [6.45, 7) is 2.18. The summed E-state index contributed by atoms with van der Waals surface area (Å²) in [4.78, 5) is 12.3. The van der Waals surface area contributed by atoms with Gasteiger partial charge in [0.2, 0.25) is 0 Å². The van der Waals surface area contributed by atoms with Gasteiger partial charge in [0.25, 0.3) is 6.17 Å². The molecule has 0 radical (unpaired) electrons. The first kappa shape index (κ1) is 26.0. The van der Waals surface area contributed by atoms with E-state index in [0.29, 0.717) is 18.1 Å². The third-order valence-electron chi connectivity index (χ3n) is 6.28. The monoisotopic (exact) mass is 490 g/mol. The third-order valence-corrected chi connectivity index (χ3v) is 6.28. The molecule has 1 saturated carbocycles. The van der Waals surface area contributed by atoms with Crippen LogP contribution in [-0.4, -0.2) is 18.3 Å². The maximum Gasteiger partial charge on any atom is 0.426 e. The van der Waals surface area contributed by atoms with Gasteiger partial charge in [0.1, 0.15) is 11.6 Å². The zero-order valence-corrected chi connectivity index (χ0v) is 18.5. The van der Waals surface area contributed by atoms with Crippen molar-refractivity contribution >= 4 is 5.97 Å². The molecule has 2 aromatic carbocycles. The fourth-order valence-electron chi connectivity index (χ4n) is 4.42. The number of rotatable bonds is 7. The Morgan fingerprint density at radius 3 is 2.15 bits per heavy atom. The highest BCUT2D eigenvalue weighted by atomic mass is 19.4. The maximum absolute atomic E-state index is 14.1. The molecule has 2 aromatic rings. The lowest BCUT2D eigenvalue weighted by Crippen LogP contribution is -2.40. The maximum atomic E-state index is 14.1. The van der Waals surface area contributed by atoms with Crippen molar-refractivity contribution in [3.63, 3.8) is 0 Å². The molecule has 0 amide bonds. The van der Waals surface area contributed by atoms with Crippen LogP contribution in [0.5, 0.6) is 5.75 Å². The van der Waals surface area contributed by atoms with E-state index in [0.717, 1.165) is 24.3 Å². The van der Waals surface area contributed by atoms with Crippen LogP contribution in [0, 0.1) is 11.7 Å². The molecule has 1 atom stereocenters. The van der Waals surface area contributed by atoms with Crippen molar-refractivity contribution < 1.29 is 40.3 Å². The number of benzene rings is 2. The van der Waals surface area contributed by atoms with Gasteiger partial charge in [0, 0.05) is 0 Å². The first-order valence-corrected chi connectivity index (χ1v) is 11.1. The van der Waals surface area contributed by atoms with E-state index in [2.05, 4.69) is 6.92 Å². The van der Waals surface area contributed by atoms with E-state index >= 15 is 0 Å². The van der Waals surface area contributed by atoms with Crippen LogP contribution >= 0.6 is 0 Å². The number of halogens is 7. The molecule has 34 heavy (non-hydrogen) atoms. The van der Waals surface area contributed by atoms with E-state index in [-0.39, 0.29) is 11.8 Å². The van der Waals surface area contributed by atoms with Crippen molar-refractivity contribution in [2.45, 2.75) is 69.6 Å².